The monoisotopic (exact) mass is 476 g/mol. The lowest BCUT2D eigenvalue weighted by Gasteiger charge is -2.36. The highest BCUT2D eigenvalue weighted by Gasteiger charge is 2.27. The Labute approximate surface area is 207 Å². The van der Waals surface area contributed by atoms with Crippen molar-refractivity contribution in [3.8, 4) is 0 Å². The standard InChI is InChI=1S/C28H36N4OS/c1-3-20(2)26-29-27(25-22-12-8-5-9-13-23(22)34-28(25)30-26)32-18-16-31(17-19-32)24(33)15-14-21-10-6-4-7-11-21/h4,6-7,10-11,20H,3,5,8-9,12-19H2,1-2H3/t20-/m0/s1. The van der Waals surface area contributed by atoms with Gasteiger partial charge in [0.25, 0.3) is 0 Å². The van der Waals surface area contributed by atoms with Crippen molar-refractivity contribution in [2.24, 2.45) is 0 Å². The van der Waals surface area contributed by atoms with Crippen molar-refractivity contribution >= 4 is 33.3 Å². The molecule has 0 spiro atoms. The molecule has 0 unspecified atom stereocenters. The van der Waals surface area contributed by atoms with Crippen LogP contribution in [0.15, 0.2) is 30.3 Å². The molecule has 2 aromatic heterocycles. The average Bonchev–Trinajstić information content (AvgIpc) is 3.07. The maximum Gasteiger partial charge on any atom is 0.223 e. The van der Waals surface area contributed by atoms with Gasteiger partial charge >= 0.3 is 0 Å². The SMILES string of the molecule is CC[C@H](C)c1nc(N2CCN(C(=O)CCc3ccccc3)CC2)c2c3c(sc2n1)CCCCC3. The van der Waals surface area contributed by atoms with Gasteiger partial charge in [-0.2, -0.15) is 0 Å². The number of amides is 1. The van der Waals surface area contributed by atoms with Gasteiger partial charge in [-0.25, -0.2) is 9.97 Å². The lowest BCUT2D eigenvalue weighted by atomic mass is 10.1. The van der Waals surface area contributed by atoms with E-state index >= 15 is 0 Å². The van der Waals surface area contributed by atoms with E-state index in [9.17, 15) is 4.79 Å². The number of rotatable bonds is 6. The number of hydrogen-bond donors (Lipinski definition) is 0. The number of piperazine rings is 1. The van der Waals surface area contributed by atoms with Gasteiger partial charge in [0.05, 0.1) is 5.39 Å². The molecule has 0 saturated carbocycles. The molecule has 0 radical (unpaired) electrons. The fourth-order valence-electron chi connectivity index (χ4n) is 5.18. The fourth-order valence-corrected chi connectivity index (χ4v) is 6.45. The van der Waals surface area contributed by atoms with Gasteiger partial charge in [0.2, 0.25) is 5.91 Å². The van der Waals surface area contributed by atoms with E-state index in [2.05, 4.69) is 30.9 Å². The zero-order chi connectivity index (χ0) is 23.5. The van der Waals surface area contributed by atoms with Crippen molar-refractivity contribution in [1.82, 2.24) is 14.9 Å². The Balaban J connectivity index is 1.35. The number of carbonyl (C=O) groups is 1. The summed E-state index contributed by atoms with van der Waals surface area (Å²) < 4.78 is 0. The van der Waals surface area contributed by atoms with Crippen molar-refractivity contribution in [3.63, 3.8) is 0 Å². The second-order valence-corrected chi connectivity index (χ2v) is 10.9. The molecule has 5 rings (SSSR count). The molecule has 2 aliphatic rings. The minimum Gasteiger partial charge on any atom is -0.352 e. The van der Waals surface area contributed by atoms with E-state index in [1.54, 1.807) is 0 Å². The number of aromatic nitrogens is 2. The Kier molecular flexibility index (Phi) is 7.14. The number of benzene rings is 1. The number of carbonyl (C=O) groups excluding carboxylic acids is 1. The molecular weight excluding hydrogens is 440 g/mol. The van der Waals surface area contributed by atoms with Gasteiger partial charge in [0, 0.05) is 43.4 Å². The van der Waals surface area contributed by atoms with Crippen LogP contribution < -0.4 is 4.90 Å². The van der Waals surface area contributed by atoms with Crippen LogP contribution in [0.25, 0.3) is 10.2 Å². The molecule has 0 bridgehead atoms. The molecule has 0 N–H and O–H groups in total. The first-order valence-electron chi connectivity index (χ1n) is 13.0. The predicted molar refractivity (Wildman–Crippen MR) is 141 cm³/mol. The molecule has 5 nitrogen and oxygen atoms in total. The summed E-state index contributed by atoms with van der Waals surface area (Å²) in [6.45, 7) is 7.66. The largest absolute Gasteiger partial charge is 0.352 e. The molecule has 3 aromatic rings. The summed E-state index contributed by atoms with van der Waals surface area (Å²) in [4.78, 5) is 30.3. The third-order valence-corrected chi connectivity index (χ3v) is 8.70. The highest BCUT2D eigenvalue weighted by molar-refractivity contribution is 7.19. The zero-order valence-corrected chi connectivity index (χ0v) is 21.4. The zero-order valence-electron chi connectivity index (χ0n) is 20.6. The fraction of sp³-hybridized carbons (Fsp3) is 0.536. The maximum atomic E-state index is 12.9. The Morgan fingerprint density at radius 2 is 1.79 bits per heavy atom. The maximum absolute atomic E-state index is 12.9. The van der Waals surface area contributed by atoms with E-state index < -0.39 is 0 Å². The summed E-state index contributed by atoms with van der Waals surface area (Å²) in [6, 6.07) is 10.3. The predicted octanol–water partition coefficient (Wildman–Crippen LogP) is 5.76. The molecule has 6 heteroatoms. The first-order valence-corrected chi connectivity index (χ1v) is 13.8. The number of fused-ring (bicyclic) bond motifs is 3. The quantitative estimate of drug-likeness (QED) is 0.425. The van der Waals surface area contributed by atoms with Crippen LogP contribution in [-0.2, 0) is 24.1 Å². The first kappa shape index (κ1) is 23.3. The van der Waals surface area contributed by atoms with E-state index in [4.69, 9.17) is 9.97 Å². The van der Waals surface area contributed by atoms with Gasteiger partial charge in [-0.15, -0.1) is 11.3 Å². The molecule has 1 atom stereocenters. The van der Waals surface area contributed by atoms with Crippen LogP contribution >= 0.6 is 11.3 Å². The topological polar surface area (TPSA) is 49.3 Å². The Hall–Kier alpha value is -2.47. The number of nitrogens with zero attached hydrogens (tertiary/aromatic N) is 4. The number of anilines is 1. The lowest BCUT2D eigenvalue weighted by Crippen LogP contribution is -2.49. The third kappa shape index (κ3) is 4.83. The van der Waals surface area contributed by atoms with Crippen molar-refractivity contribution in [2.75, 3.05) is 31.1 Å². The summed E-state index contributed by atoms with van der Waals surface area (Å²) >= 11 is 1.90. The highest BCUT2D eigenvalue weighted by atomic mass is 32.1. The van der Waals surface area contributed by atoms with Crippen molar-refractivity contribution in [3.05, 3.63) is 52.2 Å². The van der Waals surface area contributed by atoms with Crippen molar-refractivity contribution < 1.29 is 4.79 Å². The lowest BCUT2D eigenvalue weighted by molar-refractivity contribution is -0.131. The van der Waals surface area contributed by atoms with Gasteiger partial charge in [-0.3, -0.25) is 4.79 Å². The Morgan fingerprint density at radius 1 is 1.03 bits per heavy atom. The van der Waals surface area contributed by atoms with Crippen LogP contribution in [0.3, 0.4) is 0 Å². The summed E-state index contributed by atoms with van der Waals surface area (Å²) in [6.07, 6.45) is 8.61. The van der Waals surface area contributed by atoms with Crippen LogP contribution in [0.5, 0.6) is 0 Å². The van der Waals surface area contributed by atoms with Gasteiger partial charge in [-0.05, 0) is 49.7 Å². The van der Waals surface area contributed by atoms with Crippen LogP contribution in [-0.4, -0.2) is 47.0 Å². The van der Waals surface area contributed by atoms with E-state index in [1.807, 2.05) is 34.4 Å². The van der Waals surface area contributed by atoms with Gasteiger partial charge in [-0.1, -0.05) is 50.6 Å². The minimum atomic E-state index is 0.265. The van der Waals surface area contributed by atoms with Crippen molar-refractivity contribution in [1.29, 1.82) is 0 Å². The number of thiophene rings is 1. The summed E-state index contributed by atoms with van der Waals surface area (Å²) in [7, 11) is 0. The normalized spacial score (nSPS) is 17.5. The molecule has 1 amide bonds. The summed E-state index contributed by atoms with van der Waals surface area (Å²) in [5, 5.41) is 1.30. The second kappa shape index (κ2) is 10.4. The highest BCUT2D eigenvalue weighted by Crippen LogP contribution is 2.40. The molecule has 1 saturated heterocycles. The first-order chi connectivity index (χ1) is 16.6. The Bertz CT molecular complexity index is 1130. The molecule has 3 heterocycles. The van der Waals surface area contributed by atoms with E-state index in [1.165, 1.54) is 51.9 Å². The van der Waals surface area contributed by atoms with E-state index in [0.29, 0.717) is 12.3 Å². The van der Waals surface area contributed by atoms with Gasteiger partial charge in [0.15, 0.2) is 0 Å². The third-order valence-electron chi connectivity index (χ3n) is 7.52. The average molecular weight is 477 g/mol. The molecule has 1 aliphatic carbocycles. The van der Waals surface area contributed by atoms with Crippen LogP contribution in [0.2, 0.25) is 0 Å². The molecule has 1 aromatic carbocycles. The van der Waals surface area contributed by atoms with E-state index in [-0.39, 0.29) is 5.91 Å². The summed E-state index contributed by atoms with van der Waals surface area (Å²) in [5.74, 6) is 2.71. The van der Waals surface area contributed by atoms with Crippen LogP contribution in [0, 0.1) is 0 Å². The van der Waals surface area contributed by atoms with E-state index in [0.717, 1.165) is 57.1 Å². The Morgan fingerprint density at radius 3 is 2.56 bits per heavy atom. The molecule has 1 fully saturated rings. The van der Waals surface area contributed by atoms with Crippen molar-refractivity contribution in [2.45, 2.75) is 71.1 Å². The van der Waals surface area contributed by atoms with Gasteiger partial charge in [0.1, 0.15) is 16.5 Å². The van der Waals surface area contributed by atoms with Gasteiger partial charge < -0.3 is 9.80 Å². The number of hydrogen-bond acceptors (Lipinski definition) is 5. The molecule has 180 valence electrons. The second-order valence-electron chi connectivity index (χ2n) is 9.81. The van der Waals surface area contributed by atoms with Crippen LogP contribution in [0.4, 0.5) is 5.82 Å². The smallest absolute Gasteiger partial charge is 0.223 e. The molecule has 34 heavy (non-hydrogen) atoms. The number of aryl methyl sites for hydroxylation is 3. The summed E-state index contributed by atoms with van der Waals surface area (Å²) in [5.41, 5.74) is 2.73. The minimum absolute atomic E-state index is 0.265. The van der Waals surface area contributed by atoms with Crippen LogP contribution in [0.1, 0.15) is 73.7 Å². The molecular formula is C28H36N4OS. The molecule has 1 aliphatic heterocycles.